The second-order valence-corrected chi connectivity index (χ2v) is 7.46. The van der Waals surface area contributed by atoms with Gasteiger partial charge in [-0.3, -0.25) is 14.5 Å². The van der Waals surface area contributed by atoms with Gasteiger partial charge in [-0.2, -0.15) is 0 Å². The number of rotatable bonds is 7. The quantitative estimate of drug-likeness (QED) is 0.636. The second kappa shape index (κ2) is 8.53. The van der Waals surface area contributed by atoms with Crippen LogP contribution in [-0.4, -0.2) is 25.9 Å². The average Bonchev–Trinajstić information content (AvgIpc) is 2.69. The fraction of sp³-hybridized carbons (Fsp3) is 0.100. The van der Waals surface area contributed by atoms with Crippen molar-refractivity contribution < 1.29 is 17.9 Å². The Kier molecular flexibility index (Phi) is 5.90. The van der Waals surface area contributed by atoms with Gasteiger partial charge in [-0.05, 0) is 61.5 Å². The molecule has 2 N–H and O–H groups in total. The molecule has 0 aliphatic carbocycles. The molecule has 3 aromatic rings. The summed E-state index contributed by atoms with van der Waals surface area (Å²) in [4.78, 5) is 16.4. The van der Waals surface area contributed by atoms with Gasteiger partial charge in [0.15, 0.2) is 0 Å². The number of amides is 1. The molecule has 0 saturated carbocycles. The summed E-state index contributed by atoms with van der Waals surface area (Å²) in [6, 6.07) is 15.7. The van der Waals surface area contributed by atoms with E-state index in [-0.39, 0.29) is 16.5 Å². The van der Waals surface area contributed by atoms with Gasteiger partial charge in [0.25, 0.3) is 15.9 Å². The zero-order chi connectivity index (χ0) is 20.0. The Morgan fingerprint density at radius 3 is 2.39 bits per heavy atom. The molecule has 0 aliphatic rings. The molecule has 0 aliphatic heterocycles. The summed E-state index contributed by atoms with van der Waals surface area (Å²) < 4.78 is 33.0. The third kappa shape index (κ3) is 4.86. The first-order valence-corrected chi connectivity index (χ1v) is 10.0. The number of sulfonamides is 1. The van der Waals surface area contributed by atoms with Crippen LogP contribution in [0, 0.1) is 0 Å². The van der Waals surface area contributed by atoms with Crippen LogP contribution in [0.25, 0.3) is 0 Å². The van der Waals surface area contributed by atoms with Gasteiger partial charge in [-0.15, -0.1) is 0 Å². The molecule has 0 fully saturated rings. The molecular formula is C20H19N3O4S. The molecular weight excluding hydrogens is 378 g/mol. The highest BCUT2D eigenvalue weighted by molar-refractivity contribution is 7.92. The van der Waals surface area contributed by atoms with Gasteiger partial charge in [-0.25, -0.2) is 8.42 Å². The van der Waals surface area contributed by atoms with E-state index >= 15 is 0 Å². The summed E-state index contributed by atoms with van der Waals surface area (Å²) in [7, 11) is -3.79. The topological polar surface area (TPSA) is 97.4 Å². The molecule has 2 aromatic carbocycles. The van der Waals surface area contributed by atoms with E-state index in [1.54, 1.807) is 54.9 Å². The summed E-state index contributed by atoms with van der Waals surface area (Å²) in [5.74, 6) is 0.240. The third-order valence-corrected chi connectivity index (χ3v) is 5.16. The summed E-state index contributed by atoms with van der Waals surface area (Å²) in [6.45, 7) is 2.35. The zero-order valence-corrected chi connectivity index (χ0v) is 15.9. The number of benzene rings is 2. The predicted octanol–water partition coefficient (Wildman–Crippen LogP) is 3.53. The van der Waals surface area contributed by atoms with E-state index in [4.69, 9.17) is 4.74 Å². The second-order valence-electron chi connectivity index (χ2n) is 5.78. The van der Waals surface area contributed by atoms with Gasteiger partial charge in [-0.1, -0.05) is 6.07 Å². The van der Waals surface area contributed by atoms with E-state index in [1.807, 2.05) is 6.92 Å². The predicted molar refractivity (Wildman–Crippen MR) is 107 cm³/mol. The lowest BCUT2D eigenvalue weighted by Crippen LogP contribution is -2.15. The van der Waals surface area contributed by atoms with Crippen LogP contribution in [0.1, 0.15) is 17.3 Å². The Labute approximate surface area is 163 Å². The zero-order valence-electron chi connectivity index (χ0n) is 15.1. The summed E-state index contributed by atoms with van der Waals surface area (Å²) in [5, 5.41) is 2.73. The lowest BCUT2D eigenvalue weighted by molar-refractivity contribution is 0.102. The van der Waals surface area contributed by atoms with E-state index in [2.05, 4.69) is 15.0 Å². The number of hydrogen-bond acceptors (Lipinski definition) is 5. The molecule has 144 valence electrons. The van der Waals surface area contributed by atoms with Crippen molar-refractivity contribution in [2.75, 3.05) is 16.6 Å². The number of nitrogens with zero attached hydrogens (tertiary/aromatic N) is 1. The Hall–Kier alpha value is -3.39. The molecule has 0 bridgehead atoms. The fourth-order valence-electron chi connectivity index (χ4n) is 2.46. The molecule has 0 spiro atoms. The SMILES string of the molecule is CCOc1ccc(S(=O)(=O)Nc2cccc(C(=O)Nc3ccncc3)c2)cc1. The highest BCUT2D eigenvalue weighted by Gasteiger charge is 2.15. The maximum atomic E-state index is 12.6. The minimum atomic E-state index is -3.79. The average molecular weight is 397 g/mol. The maximum Gasteiger partial charge on any atom is 0.261 e. The monoisotopic (exact) mass is 397 g/mol. The number of ether oxygens (including phenoxy) is 1. The van der Waals surface area contributed by atoms with Crippen molar-refractivity contribution in [3.05, 3.63) is 78.6 Å². The van der Waals surface area contributed by atoms with Crippen LogP contribution < -0.4 is 14.8 Å². The van der Waals surface area contributed by atoms with Crippen molar-refractivity contribution in [1.29, 1.82) is 0 Å². The Morgan fingerprint density at radius 1 is 1.00 bits per heavy atom. The van der Waals surface area contributed by atoms with Crippen LogP contribution in [0.3, 0.4) is 0 Å². The summed E-state index contributed by atoms with van der Waals surface area (Å²) in [5.41, 5.74) is 1.21. The largest absolute Gasteiger partial charge is 0.494 e. The number of carbonyl (C=O) groups is 1. The molecule has 1 amide bonds. The van der Waals surface area contributed by atoms with E-state index in [0.29, 0.717) is 23.6 Å². The third-order valence-electron chi connectivity index (χ3n) is 3.76. The smallest absolute Gasteiger partial charge is 0.261 e. The molecule has 8 heteroatoms. The van der Waals surface area contributed by atoms with Crippen molar-refractivity contribution in [3.8, 4) is 5.75 Å². The first-order chi connectivity index (χ1) is 13.5. The molecule has 1 heterocycles. The van der Waals surface area contributed by atoms with Crippen molar-refractivity contribution in [1.82, 2.24) is 4.98 Å². The van der Waals surface area contributed by atoms with Crippen molar-refractivity contribution in [3.63, 3.8) is 0 Å². The lowest BCUT2D eigenvalue weighted by Gasteiger charge is -2.11. The van der Waals surface area contributed by atoms with Crippen LogP contribution in [0.15, 0.2) is 78.0 Å². The van der Waals surface area contributed by atoms with Crippen LogP contribution in [0.2, 0.25) is 0 Å². The highest BCUT2D eigenvalue weighted by Crippen LogP contribution is 2.20. The first-order valence-electron chi connectivity index (χ1n) is 8.55. The van der Waals surface area contributed by atoms with Crippen molar-refractivity contribution in [2.45, 2.75) is 11.8 Å². The van der Waals surface area contributed by atoms with Crippen molar-refractivity contribution in [2.24, 2.45) is 0 Å². The Morgan fingerprint density at radius 2 is 1.71 bits per heavy atom. The van der Waals surface area contributed by atoms with E-state index < -0.39 is 10.0 Å². The highest BCUT2D eigenvalue weighted by atomic mass is 32.2. The molecule has 28 heavy (non-hydrogen) atoms. The molecule has 0 atom stereocenters. The fourth-order valence-corrected chi connectivity index (χ4v) is 3.51. The van der Waals surface area contributed by atoms with E-state index in [0.717, 1.165) is 0 Å². The number of hydrogen-bond donors (Lipinski definition) is 2. The minimum Gasteiger partial charge on any atom is -0.494 e. The number of nitrogens with one attached hydrogen (secondary N) is 2. The minimum absolute atomic E-state index is 0.0996. The van der Waals surface area contributed by atoms with Crippen LogP contribution >= 0.6 is 0 Å². The number of anilines is 2. The van der Waals surface area contributed by atoms with Gasteiger partial charge in [0.05, 0.1) is 11.5 Å². The van der Waals surface area contributed by atoms with Gasteiger partial charge in [0, 0.05) is 29.3 Å². The molecule has 7 nitrogen and oxygen atoms in total. The molecule has 1 aromatic heterocycles. The van der Waals surface area contributed by atoms with Crippen LogP contribution in [0.5, 0.6) is 5.75 Å². The Bertz CT molecular complexity index is 1050. The van der Waals surface area contributed by atoms with Crippen LogP contribution in [-0.2, 0) is 10.0 Å². The van der Waals surface area contributed by atoms with Crippen LogP contribution in [0.4, 0.5) is 11.4 Å². The maximum absolute atomic E-state index is 12.6. The van der Waals surface area contributed by atoms with Gasteiger partial charge in [0.2, 0.25) is 0 Å². The Balaban J connectivity index is 1.75. The molecule has 0 unspecified atom stereocenters. The summed E-state index contributed by atoms with van der Waals surface area (Å²) in [6.07, 6.45) is 3.13. The number of aromatic nitrogens is 1. The standard InChI is InChI=1S/C20H19N3O4S/c1-2-27-18-6-8-19(9-7-18)28(25,26)23-17-5-3-4-15(14-17)20(24)22-16-10-12-21-13-11-16/h3-14,23H,2H2,1H3,(H,21,22,24). The first kappa shape index (κ1) is 19.4. The number of pyridine rings is 1. The van der Waals surface area contributed by atoms with Gasteiger partial charge >= 0.3 is 0 Å². The van der Waals surface area contributed by atoms with Gasteiger partial charge < -0.3 is 10.1 Å². The molecule has 0 radical (unpaired) electrons. The lowest BCUT2D eigenvalue weighted by atomic mass is 10.2. The normalized spacial score (nSPS) is 10.9. The van der Waals surface area contributed by atoms with E-state index in [1.165, 1.54) is 18.2 Å². The summed E-state index contributed by atoms with van der Waals surface area (Å²) >= 11 is 0. The van der Waals surface area contributed by atoms with Crippen molar-refractivity contribution >= 4 is 27.3 Å². The van der Waals surface area contributed by atoms with Gasteiger partial charge in [0.1, 0.15) is 5.75 Å². The number of carbonyl (C=O) groups excluding carboxylic acids is 1. The molecule has 3 rings (SSSR count). The van der Waals surface area contributed by atoms with E-state index in [9.17, 15) is 13.2 Å². The molecule has 0 saturated heterocycles.